The van der Waals surface area contributed by atoms with Crippen molar-refractivity contribution in [1.29, 1.82) is 0 Å². The van der Waals surface area contributed by atoms with Gasteiger partial charge in [-0.15, -0.1) is 11.3 Å². The molecule has 3 aromatic carbocycles. The summed E-state index contributed by atoms with van der Waals surface area (Å²) in [5.74, 6) is -0.236. The van der Waals surface area contributed by atoms with E-state index in [0.29, 0.717) is 5.69 Å². The van der Waals surface area contributed by atoms with Gasteiger partial charge in [-0.05, 0) is 12.1 Å². The monoisotopic (exact) mass is 461 g/mol. The fourth-order valence-electron chi connectivity index (χ4n) is 3.24. The van der Waals surface area contributed by atoms with Crippen LogP contribution in [0.15, 0.2) is 72.1 Å². The molecule has 1 amide bonds. The Morgan fingerprint density at radius 3 is 2.27 bits per heavy atom. The first kappa shape index (κ1) is 22.0. The second-order valence-electron chi connectivity index (χ2n) is 6.92. The van der Waals surface area contributed by atoms with Gasteiger partial charge in [-0.1, -0.05) is 42.5 Å². The molecule has 0 spiro atoms. The molecule has 1 heterocycles. The Balaban J connectivity index is 1.55. The quantitative estimate of drug-likeness (QED) is 0.282. The topological polar surface area (TPSA) is 104 Å². The number of hydrogen-bond acceptors (Lipinski definition) is 7. The van der Waals surface area contributed by atoms with Gasteiger partial charge in [-0.25, -0.2) is 4.98 Å². The average molecular weight is 461 g/mol. The van der Waals surface area contributed by atoms with E-state index in [1.165, 1.54) is 26.4 Å². The summed E-state index contributed by atoms with van der Waals surface area (Å²) in [6, 6.07) is 19.5. The zero-order valence-corrected chi connectivity index (χ0v) is 18.6. The molecule has 8 nitrogen and oxygen atoms in total. The number of nitrogens with zero attached hydrogens (tertiary/aromatic N) is 2. The maximum Gasteiger partial charge on any atom is 0.286 e. The van der Waals surface area contributed by atoms with E-state index in [1.807, 2.05) is 47.8 Å². The van der Waals surface area contributed by atoms with Gasteiger partial charge in [0.15, 0.2) is 11.5 Å². The normalized spacial score (nSPS) is 10.5. The molecule has 0 aliphatic carbocycles. The summed E-state index contributed by atoms with van der Waals surface area (Å²) < 4.78 is 10.3. The first-order chi connectivity index (χ1) is 16.0. The van der Waals surface area contributed by atoms with Crippen LogP contribution in [0.2, 0.25) is 0 Å². The second-order valence-corrected chi connectivity index (χ2v) is 7.77. The number of anilines is 1. The molecule has 0 atom stereocenters. The van der Waals surface area contributed by atoms with E-state index in [-0.39, 0.29) is 22.7 Å². The maximum absolute atomic E-state index is 12.8. The zero-order chi connectivity index (χ0) is 23.4. The minimum Gasteiger partial charge on any atom is -0.493 e. The number of nitro benzene ring substituents is 1. The number of hydrogen-bond donors (Lipinski definition) is 1. The third-order valence-corrected chi connectivity index (χ3v) is 5.80. The van der Waals surface area contributed by atoms with Crippen molar-refractivity contribution >= 4 is 28.6 Å². The van der Waals surface area contributed by atoms with Crippen LogP contribution >= 0.6 is 11.3 Å². The minimum absolute atomic E-state index is 0.131. The number of nitrogens with one attached hydrogen (secondary N) is 1. The van der Waals surface area contributed by atoms with Gasteiger partial charge in [-0.3, -0.25) is 14.9 Å². The van der Waals surface area contributed by atoms with Gasteiger partial charge in [0.2, 0.25) is 0 Å². The SMILES string of the molecule is COc1cc(C(=O)Nc2ccc(-c3csc(-c4ccccc4)n3)cc2)c([N+](=O)[O-])cc1OC. The summed E-state index contributed by atoms with van der Waals surface area (Å²) in [7, 11) is 2.76. The molecule has 0 aliphatic heterocycles. The van der Waals surface area contributed by atoms with Crippen molar-refractivity contribution in [2.24, 2.45) is 0 Å². The van der Waals surface area contributed by atoms with Gasteiger partial charge in [0.1, 0.15) is 10.6 Å². The van der Waals surface area contributed by atoms with Gasteiger partial charge in [0, 0.05) is 28.3 Å². The third kappa shape index (κ3) is 4.68. The molecule has 166 valence electrons. The van der Waals surface area contributed by atoms with Gasteiger partial charge in [-0.2, -0.15) is 0 Å². The number of carbonyl (C=O) groups is 1. The molecule has 1 N–H and O–H groups in total. The van der Waals surface area contributed by atoms with Gasteiger partial charge < -0.3 is 14.8 Å². The molecule has 4 rings (SSSR count). The smallest absolute Gasteiger partial charge is 0.286 e. The highest BCUT2D eigenvalue weighted by Crippen LogP contribution is 2.35. The van der Waals surface area contributed by atoms with Gasteiger partial charge >= 0.3 is 0 Å². The first-order valence-electron chi connectivity index (χ1n) is 9.83. The molecule has 0 bridgehead atoms. The third-order valence-electron chi connectivity index (χ3n) is 4.91. The number of carbonyl (C=O) groups excluding carboxylic acids is 1. The van der Waals surface area contributed by atoms with Crippen LogP contribution in [0.3, 0.4) is 0 Å². The lowest BCUT2D eigenvalue weighted by Gasteiger charge is -2.11. The fraction of sp³-hybridized carbons (Fsp3) is 0.0833. The van der Waals surface area contributed by atoms with Crippen molar-refractivity contribution in [2.45, 2.75) is 0 Å². The van der Waals surface area contributed by atoms with Crippen molar-refractivity contribution in [3.8, 4) is 33.3 Å². The van der Waals surface area contributed by atoms with Crippen LogP contribution in [0, 0.1) is 10.1 Å². The van der Waals surface area contributed by atoms with Crippen molar-refractivity contribution in [2.75, 3.05) is 19.5 Å². The molecule has 0 radical (unpaired) electrons. The van der Waals surface area contributed by atoms with Crippen LogP contribution in [0.5, 0.6) is 11.5 Å². The fourth-order valence-corrected chi connectivity index (χ4v) is 4.08. The molecule has 33 heavy (non-hydrogen) atoms. The molecule has 9 heteroatoms. The number of methoxy groups -OCH3 is 2. The number of thiazole rings is 1. The lowest BCUT2D eigenvalue weighted by molar-refractivity contribution is -0.385. The number of aromatic nitrogens is 1. The second kappa shape index (κ2) is 9.49. The van der Waals surface area contributed by atoms with E-state index >= 15 is 0 Å². The Hall–Kier alpha value is -4.24. The highest BCUT2D eigenvalue weighted by atomic mass is 32.1. The van der Waals surface area contributed by atoms with E-state index in [4.69, 9.17) is 9.47 Å². The summed E-state index contributed by atoms with van der Waals surface area (Å²) in [5.41, 5.74) is 2.75. The van der Waals surface area contributed by atoms with E-state index in [2.05, 4.69) is 10.3 Å². The molecule has 0 unspecified atom stereocenters. The Bertz CT molecular complexity index is 1300. The number of ether oxygens (including phenoxy) is 2. The first-order valence-corrected chi connectivity index (χ1v) is 10.7. The standard InChI is InChI=1S/C24H19N3O5S/c1-31-21-12-18(20(27(29)30)13-22(21)32-2)23(28)25-17-10-8-15(9-11-17)19-14-33-24(26-19)16-6-4-3-5-7-16/h3-14H,1-2H3,(H,25,28). The summed E-state index contributed by atoms with van der Waals surface area (Å²) in [4.78, 5) is 28.3. The van der Waals surface area contributed by atoms with Crippen molar-refractivity contribution in [3.05, 3.63) is 87.8 Å². The summed E-state index contributed by atoms with van der Waals surface area (Å²) in [6.07, 6.45) is 0. The van der Waals surface area contributed by atoms with Crippen LogP contribution < -0.4 is 14.8 Å². The van der Waals surface area contributed by atoms with Crippen LogP contribution in [0.1, 0.15) is 10.4 Å². The Labute approximate surface area is 193 Å². The van der Waals surface area contributed by atoms with Gasteiger partial charge in [0.05, 0.1) is 30.9 Å². The van der Waals surface area contributed by atoms with E-state index < -0.39 is 10.8 Å². The molecule has 0 aliphatic rings. The maximum atomic E-state index is 12.8. The number of rotatable bonds is 7. The Morgan fingerprint density at radius 1 is 0.970 bits per heavy atom. The van der Waals surface area contributed by atoms with Crippen molar-refractivity contribution in [3.63, 3.8) is 0 Å². The molecular formula is C24H19N3O5S. The van der Waals surface area contributed by atoms with E-state index in [9.17, 15) is 14.9 Å². The Kier molecular flexibility index (Phi) is 6.32. The molecule has 1 aromatic heterocycles. The van der Waals surface area contributed by atoms with E-state index in [1.54, 1.807) is 23.5 Å². The summed E-state index contributed by atoms with van der Waals surface area (Å²) >= 11 is 1.55. The number of amides is 1. The van der Waals surface area contributed by atoms with Crippen molar-refractivity contribution in [1.82, 2.24) is 4.98 Å². The highest BCUT2D eigenvalue weighted by molar-refractivity contribution is 7.13. The van der Waals surface area contributed by atoms with Crippen LogP contribution in [-0.2, 0) is 0 Å². The summed E-state index contributed by atoms with van der Waals surface area (Å²) in [5, 5.41) is 17.1. The highest BCUT2D eigenvalue weighted by Gasteiger charge is 2.24. The van der Waals surface area contributed by atoms with Crippen LogP contribution in [0.25, 0.3) is 21.8 Å². The molecule has 0 fully saturated rings. The molecule has 0 saturated carbocycles. The van der Waals surface area contributed by atoms with Crippen molar-refractivity contribution < 1.29 is 19.2 Å². The molecule has 0 saturated heterocycles. The summed E-state index contributed by atoms with van der Waals surface area (Å²) in [6.45, 7) is 0. The predicted octanol–water partition coefficient (Wildman–Crippen LogP) is 5.65. The van der Waals surface area contributed by atoms with Crippen LogP contribution in [0.4, 0.5) is 11.4 Å². The minimum atomic E-state index is -0.632. The largest absolute Gasteiger partial charge is 0.493 e. The molecule has 4 aromatic rings. The predicted molar refractivity (Wildman–Crippen MR) is 127 cm³/mol. The lowest BCUT2D eigenvalue weighted by atomic mass is 10.1. The van der Waals surface area contributed by atoms with Gasteiger partial charge in [0.25, 0.3) is 11.6 Å². The van der Waals surface area contributed by atoms with Crippen LogP contribution in [-0.4, -0.2) is 30.0 Å². The van der Waals surface area contributed by atoms with E-state index in [0.717, 1.165) is 21.8 Å². The average Bonchev–Trinajstić information content (AvgIpc) is 3.34. The zero-order valence-electron chi connectivity index (χ0n) is 17.8. The lowest BCUT2D eigenvalue weighted by Crippen LogP contribution is -2.14. The number of benzene rings is 3. The molecular weight excluding hydrogens is 442 g/mol. The number of nitro groups is 1. The Morgan fingerprint density at radius 2 is 1.64 bits per heavy atom.